The molecule has 0 atom stereocenters. The Hall–Kier alpha value is -1.77. The summed E-state index contributed by atoms with van der Waals surface area (Å²) in [5, 5.41) is 1.14. The minimum atomic E-state index is 0.217. The quantitative estimate of drug-likeness (QED) is 0.812. The number of ether oxygens (including phenoxy) is 1. The second-order valence-electron chi connectivity index (χ2n) is 6.53. The van der Waals surface area contributed by atoms with Gasteiger partial charge in [-0.15, -0.1) is 11.3 Å². The highest BCUT2D eigenvalue weighted by molar-refractivity contribution is 7.18. The third-order valence-electron chi connectivity index (χ3n) is 4.83. The molecule has 0 unspecified atom stereocenters. The maximum absolute atomic E-state index is 12.4. The Morgan fingerprint density at radius 3 is 2.68 bits per heavy atom. The largest absolute Gasteiger partial charge is 0.378 e. The summed E-state index contributed by atoms with van der Waals surface area (Å²) in [7, 11) is 0. The van der Waals surface area contributed by atoms with Crippen LogP contribution in [0.3, 0.4) is 0 Å². The number of hydrogen-bond donors (Lipinski definition) is 0. The summed E-state index contributed by atoms with van der Waals surface area (Å²) >= 11 is 1.71. The predicted molar refractivity (Wildman–Crippen MR) is 98.2 cm³/mol. The number of amides is 1. The van der Waals surface area contributed by atoms with Gasteiger partial charge in [0.25, 0.3) is 0 Å². The summed E-state index contributed by atoms with van der Waals surface area (Å²) in [6.45, 7) is 8.89. The van der Waals surface area contributed by atoms with E-state index >= 15 is 0 Å². The van der Waals surface area contributed by atoms with Crippen molar-refractivity contribution in [1.29, 1.82) is 0 Å². The maximum Gasteiger partial charge on any atom is 0.236 e. The van der Waals surface area contributed by atoms with Gasteiger partial charge in [-0.05, 0) is 13.0 Å². The lowest BCUT2D eigenvalue weighted by Crippen LogP contribution is -2.51. The Labute approximate surface area is 151 Å². The van der Waals surface area contributed by atoms with Crippen LogP contribution in [0.4, 0.5) is 5.82 Å². The van der Waals surface area contributed by atoms with Crippen LogP contribution in [-0.2, 0) is 9.53 Å². The van der Waals surface area contributed by atoms with Crippen LogP contribution in [0.1, 0.15) is 4.88 Å². The maximum atomic E-state index is 12.4. The number of thiophene rings is 1. The molecule has 0 radical (unpaired) electrons. The van der Waals surface area contributed by atoms with Gasteiger partial charge < -0.3 is 14.5 Å². The van der Waals surface area contributed by atoms with E-state index in [1.165, 1.54) is 4.88 Å². The molecule has 4 rings (SSSR count). The van der Waals surface area contributed by atoms with Crippen molar-refractivity contribution in [2.45, 2.75) is 6.92 Å². The van der Waals surface area contributed by atoms with Gasteiger partial charge in [-0.25, -0.2) is 9.97 Å². The predicted octanol–water partition coefficient (Wildman–Crippen LogP) is 0.981. The van der Waals surface area contributed by atoms with Gasteiger partial charge in [0.05, 0.1) is 25.1 Å². The second-order valence-corrected chi connectivity index (χ2v) is 7.76. The molecular weight excluding hydrogens is 338 g/mol. The molecule has 2 aromatic heterocycles. The van der Waals surface area contributed by atoms with Gasteiger partial charge in [0.2, 0.25) is 5.91 Å². The highest BCUT2D eigenvalue weighted by Crippen LogP contribution is 2.30. The standard InChI is InChI=1S/C17H23N5O2S/c1-13-10-14-16(18-12-19-17(14)25-13)22-4-2-20(3-5-22)11-15(23)21-6-8-24-9-7-21/h10,12H,2-9,11H2,1H3. The van der Waals surface area contributed by atoms with Gasteiger partial charge in [0, 0.05) is 44.1 Å². The number of fused-ring (bicyclic) bond motifs is 1. The molecule has 0 N–H and O–H groups in total. The van der Waals surface area contributed by atoms with Crippen molar-refractivity contribution in [3.05, 3.63) is 17.3 Å². The van der Waals surface area contributed by atoms with Crippen molar-refractivity contribution >= 4 is 33.3 Å². The molecule has 0 saturated carbocycles. The van der Waals surface area contributed by atoms with Gasteiger partial charge >= 0.3 is 0 Å². The first-order valence-electron chi connectivity index (χ1n) is 8.75. The number of piperazine rings is 1. The molecule has 134 valence electrons. The van der Waals surface area contributed by atoms with Crippen molar-refractivity contribution in [3.8, 4) is 0 Å². The van der Waals surface area contributed by atoms with E-state index in [-0.39, 0.29) is 5.91 Å². The molecule has 2 aromatic rings. The molecule has 7 nitrogen and oxygen atoms in total. The topological polar surface area (TPSA) is 61.8 Å². The molecule has 0 aliphatic carbocycles. The smallest absolute Gasteiger partial charge is 0.236 e. The molecule has 1 amide bonds. The zero-order chi connectivity index (χ0) is 17.2. The fourth-order valence-electron chi connectivity index (χ4n) is 3.44. The molecule has 0 bridgehead atoms. The van der Waals surface area contributed by atoms with Crippen LogP contribution >= 0.6 is 11.3 Å². The number of carbonyl (C=O) groups excluding carboxylic acids is 1. The van der Waals surface area contributed by atoms with Crippen LogP contribution in [-0.4, -0.2) is 84.7 Å². The van der Waals surface area contributed by atoms with Crippen molar-refractivity contribution in [3.63, 3.8) is 0 Å². The van der Waals surface area contributed by atoms with E-state index in [4.69, 9.17) is 4.74 Å². The number of aryl methyl sites for hydroxylation is 1. The number of aromatic nitrogens is 2. The van der Waals surface area contributed by atoms with Crippen LogP contribution in [0.5, 0.6) is 0 Å². The van der Waals surface area contributed by atoms with E-state index in [0.29, 0.717) is 19.8 Å². The van der Waals surface area contributed by atoms with E-state index in [9.17, 15) is 4.79 Å². The third-order valence-corrected chi connectivity index (χ3v) is 5.78. The van der Waals surface area contributed by atoms with Crippen molar-refractivity contribution in [1.82, 2.24) is 19.8 Å². The summed E-state index contributed by atoms with van der Waals surface area (Å²) in [4.78, 5) is 30.1. The molecule has 0 aromatic carbocycles. The molecule has 4 heterocycles. The van der Waals surface area contributed by atoms with E-state index < -0.39 is 0 Å². The summed E-state index contributed by atoms with van der Waals surface area (Å²) in [5.74, 6) is 1.24. The number of rotatable bonds is 3. The number of nitrogens with zero attached hydrogens (tertiary/aromatic N) is 5. The SMILES string of the molecule is Cc1cc2c(N3CCN(CC(=O)N4CCOCC4)CC3)ncnc2s1. The summed E-state index contributed by atoms with van der Waals surface area (Å²) in [6, 6.07) is 2.17. The lowest BCUT2D eigenvalue weighted by Gasteiger charge is -2.36. The van der Waals surface area contributed by atoms with E-state index in [0.717, 1.165) is 55.3 Å². The number of hydrogen-bond acceptors (Lipinski definition) is 7. The van der Waals surface area contributed by atoms with E-state index in [2.05, 4.69) is 32.8 Å². The van der Waals surface area contributed by atoms with Gasteiger partial charge in [0.1, 0.15) is 17.0 Å². The van der Waals surface area contributed by atoms with Gasteiger partial charge in [0.15, 0.2) is 0 Å². The van der Waals surface area contributed by atoms with Crippen LogP contribution in [0.2, 0.25) is 0 Å². The van der Waals surface area contributed by atoms with Crippen LogP contribution < -0.4 is 4.90 Å². The zero-order valence-electron chi connectivity index (χ0n) is 14.5. The first kappa shape index (κ1) is 16.7. The average molecular weight is 361 g/mol. The Balaban J connectivity index is 1.37. The van der Waals surface area contributed by atoms with Gasteiger partial charge in [-0.2, -0.15) is 0 Å². The fraction of sp³-hybridized carbons (Fsp3) is 0.588. The van der Waals surface area contributed by atoms with E-state index in [1.54, 1.807) is 17.7 Å². The monoisotopic (exact) mass is 361 g/mol. The molecule has 25 heavy (non-hydrogen) atoms. The minimum absolute atomic E-state index is 0.217. The average Bonchev–Trinajstić information content (AvgIpc) is 3.03. The summed E-state index contributed by atoms with van der Waals surface area (Å²) in [5.41, 5.74) is 0. The van der Waals surface area contributed by atoms with Crippen LogP contribution in [0, 0.1) is 6.92 Å². The Morgan fingerprint density at radius 1 is 1.16 bits per heavy atom. The van der Waals surface area contributed by atoms with Gasteiger partial charge in [-0.1, -0.05) is 0 Å². The van der Waals surface area contributed by atoms with E-state index in [1.807, 2.05) is 4.90 Å². The molecule has 2 aliphatic rings. The van der Waals surface area contributed by atoms with Gasteiger partial charge in [-0.3, -0.25) is 9.69 Å². The molecule has 2 fully saturated rings. The number of anilines is 1. The van der Waals surface area contributed by atoms with Crippen LogP contribution in [0.25, 0.3) is 10.2 Å². The second kappa shape index (κ2) is 7.23. The summed E-state index contributed by atoms with van der Waals surface area (Å²) < 4.78 is 5.31. The zero-order valence-corrected chi connectivity index (χ0v) is 15.3. The fourth-order valence-corrected chi connectivity index (χ4v) is 4.28. The minimum Gasteiger partial charge on any atom is -0.378 e. The first-order chi connectivity index (χ1) is 12.2. The molecular formula is C17H23N5O2S. The third kappa shape index (κ3) is 3.61. The first-order valence-corrected chi connectivity index (χ1v) is 9.56. The molecule has 2 aliphatic heterocycles. The molecule has 8 heteroatoms. The summed E-state index contributed by atoms with van der Waals surface area (Å²) in [6.07, 6.45) is 1.65. The van der Waals surface area contributed by atoms with Crippen molar-refractivity contribution in [2.75, 3.05) is 63.9 Å². The van der Waals surface area contributed by atoms with Crippen LogP contribution in [0.15, 0.2) is 12.4 Å². The Bertz CT molecular complexity index is 751. The number of carbonyl (C=O) groups is 1. The highest BCUT2D eigenvalue weighted by Gasteiger charge is 2.24. The molecule has 2 saturated heterocycles. The highest BCUT2D eigenvalue weighted by atomic mass is 32.1. The number of morpholine rings is 1. The van der Waals surface area contributed by atoms with Crippen molar-refractivity contribution in [2.24, 2.45) is 0 Å². The van der Waals surface area contributed by atoms with Crippen molar-refractivity contribution < 1.29 is 9.53 Å². The Morgan fingerprint density at radius 2 is 1.92 bits per heavy atom. The Kier molecular flexibility index (Phi) is 4.82. The molecule has 0 spiro atoms. The lowest BCUT2D eigenvalue weighted by atomic mass is 10.2. The lowest BCUT2D eigenvalue weighted by molar-refractivity contribution is -0.136. The normalized spacial score (nSPS) is 19.6.